The highest BCUT2D eigenvalue weighted by Crippen LogP contribution is 2.42. The molecule has 0 unspecified atom stereocenters. The molecule has 3 atom stereocenters. The monoisotopic (exact) mass is 318 g/mol. The summed E-state index contributed by atoms with van der Waals surface area (Å²) in [4.78, 5) is 0. The van der Waals surface area contributed by atoms with Gasteiger partial charge in [0, 0.05) is 12.5 Å². The highest BCUT2D eigenvalue weighted by atomic mass is 28.4. The van der Waals surface area contributed by atoms with Gasteiger partial charge in [0.2, 0.25) is 0 Å². The van der Waals surface area contributed by atoms with Crippen molar-refractivity contribution in [1.82, 2.24) is 0 Å². The molecule has 0 aromatic rings. The van der Waals surface area contributed by atoms with Crippen molar-refractivity contribution in [2.45, 2.75) is 84.1 Å². The van der Waals surface area contributed by atoms with Crippen LogP contribution in [0.3, 0.4) is 0 Å². The van der Waals surface area contributed by atoms with E-state index in [1.54, 1.807) is 0 Å². The van der Waals surface area contributed by atoms with Crippen LogP contribution >= 0.6 is 0 Å². The lowest BCUT2D eigenvalue weighted by atomic mass is 9.91. The van der Waals surface area contributed by atoms with Gasteiger partial charge in [0.05, 0.1) is 12.7 Å². The topological polar surface area (TPSA) is 47.9 Å². The minimum Gasteiger partial charge on any atom is -0.414 e. The molecule has 1 N–H and O–H groups in total. The Morgan fingerprint density at radius 2 is 1.76 bits per heavy atom. The second-order valence-corrected chi connectivity index (χ2v) is 13.4. The van der Waals surface area contributed by atoms with E-state index in [4.69, 9.17) is 13.9 Å². The lowest BCUT2D eigenvalue weighted by molar-refractivity contribution is -0.166. The van der Waals surface area contributed by atoms with Gasteiger partial charge < -0.3 is 19.0 Å². The van der Waals surface area contributed by atoms with Crippen molar-refractivity contribution in [3.05, 3.63) is 0 Å². The molecule has 0 bridgehead atoms. The normalized spacial score (nSPS) is 31.4. The Morgan fingerprint density at radius 1 is 1.24 bits per heavy atom. The van der Waals surface area contributed by atoms with Crippen LogP contribution in [-0.2, 0) is 13.9 Å². The van der Waals surface area contributed by atoms with Gasteiger partial charge in [-0.3, -0.25) is 0 Å². The van der Waals surface area contributed by atoms with E-state index in [-0.39, 0.29) is 23.7 Å². The van der Waals surface area contributed by atoms with Crippen LogP contribution in [0.25, 0.3) is 0 Å². The van der Waals surface area contributed by atoms with E-state index in [9.17, 15) is 5.11 Å². The Labute approximate surface area is 131 Å². The van der Waals surface area contributed by atoms with Gasteiger partial charge in [0.15, 0.2) is 14.1 Å². The number of aliphatic hydroxyl groups is 1. The number of hydrogen-bond donors (Lipinski definition) is 1. The summed E-state index contributed by atoms with van der Waals surface area (Å²) in [7, 11) is -1.84. The smallest absolute Gasteiger partial charge is 0.192 e. The van der Waals surface area contributed by atoms with E-state index in [0.717, 1.165) is 0 Å². The van der Waals surface area contributed by atoms with E-state index in [1.165, 1.54) is 0 Å². The van der Waals surface area contributed by atoms with Crippen molar-refractivity contribution in [2.24, 2.45) is 5.92 Å². The standard InChI is InChI=1S/C16H34O4Si/c1-12(10-17)13-16(7,20-15(5,6)19-13)11-18-21(8,9)14(2,3)4/h12-13,17H,10-11H2,1-9H3/t12-,13+,16+/m0/s1. The van der Waals surface area contributed by atoms with Crippen molar-refractivity contribution < 1.29 is 19.0 Å². The SMILES string of the molecule is C[C@@H](CO)[C@H]1OC(C)(C)O[C@]1(C)CO[Si](C)(C)C(C)(C)C. The van der Waals surface area contributed by atoms with Crippen molar-refractivity contribution in [2.75, 3.05) is 13.2 Å². The van der Waals surface area contributed by atoms with Gasteiger partial charge in [-0.25, -0.2) is 0 Å². The predicted molar refractivity (Wildman–Crippen MR) is 87.8 cm³/mol. The molecule has 1 aliphatic heterocycles. The maximum atomic E-state index is 9.49. The fourth-order valence-corrected chi connectivity index (χ4v) is 3.62. The first-order valence-corrected chi connectivity index (χ1v) is 10.8. The molecule has 0 saturated carbocycles. The van der Waals surface area contributed by atoms with Crippen LogP contribution in [0.1, 0.15) is 48.5 Å². The minimum atomic E-state index is -1.84. The van der Waals surface area contributed by atoms with Crippen LogP contribution in [0.2, 0.25) is 18.1 Å². The predicted octanol–water partition coefficient (Wildman–Crippen LogP) is 3.55. The van der Waals surface area contributed by atoms with Crippen LogP contribution in [0.5, 0.6) is 0 Å². The van der Waals surface area contributed by atoms with Crippen LogP contribution in [0.4, 0.5) is 0 Å². The maximum absolute atomic E-state index is 9.49. The average molecular weight is 319 g/mol. The zero-order valence-electron chi connectivity index (χ0n) is 15.2. The summed E-state index contributed by atoms with van der Waals surface area (Å²) < 4.78 is 18.5. The molecule has 0 aromatic heterocycles. The molecule has 21 heavy (non-hydrogen) atoms. The number of aliphatic hydroxyl groups excluding tert-OH is 1. The highest BCUT2D eigenvalue weighted by Gasteiger charge is 2.53. The van der Waals surface area contributed by atoms with Crippen LogP contribution in [-0.4, -0.2) is 44.1 Å². The molecule has 0 amide bonds. The van der Waals surface area contributed by atoms with Gasteiger partial charge in [0.25, 0.3) is 0 Å². The van der Waals surface area contributed by atoms with Gasteiger partial charge >= 0.3 is 0 Å². The van der Waals surface area contributed by atoms with E-state index in [0.29, 0.717) is 6.61 Å². The molecular formula is C16H34O4Si. The molecule has 0 spiro atoms. The zero-order chi connectivity index (χ0) is 16.7. The van der Waals surface area contributed by atoms with Gasteiger partial charge in [-0.2, -0.15) is 0 Å². The minimum absolute atomic E-state index is 0.0137. The largest absolute Gasteiger partial charge is 0.414 e. The third-order valence-corrected chi connectivity index (χ3v) is 9.30. The van der Waals surface area contributed by atoms with Gasteiger partial charge in [-0.1, -0.05) is 27.7 Å². The second-order valence-electron chi connectivity index (χ2n) is 8.56. The molecule has 1 rings (SSSR count). The van der Waals surface area contributed by atoms with Crippen molar-refractivity contribution in [3.8, 4) is 0 Å². The Bertz CT molecular complexity index is 362. The number of hydrogen-bond acceptors (Lipinski definition) is 4. The summed E-state index contributed by atoms with van der Waals surface area (Å²) in [5, 5.41) is 9.65. The Hall–Kier alpha value is 0.0569. The fraction of sp³-hybridized carbons (Fsp3) is 1.00. The number of rotatable bonds is 5. The van der Waals surface area contributed by atoms with Crippen LogP contribution < -0.4 is 0 Å². The summed E-state index contributed by atoms with van der Waals surface area (Å²) in [6, 6.07) is 0. The molecule has 126 valence electrons. The Kier molecular flexibility index (Phi) is 5.39. The molecule has 0 radical (unpaired) electrons. The van der Waals surface area contributed by atoms with Crippen LogP contribution in [0.15, 0.2) is 0 Å². The fourth-order valence-electron chi connectivity index (χ4n) is 2.54. The summed E-state index contributed by atoms with van der Waals surface area (Å²) in [5.74, 6) is -0.626. The van der Waals surface area contributed by atoms with Gasteiger partial charge in [-0.05, 0) is 38.9 Å². The molecule has 1 heterocycles. The summed E-state index contributed by atoms with van der Waals surface area (Å²) in [5.41, 5.74) is -0.527. The van der Waals surface area contributed by atoms with Gasteiger partial charge in [-0.15, -0.1) is 0 Å². The lowest BCUT2D eigenvalue weighted by Gasteiger charge is -2.40. The first-order valence-electron chi connectivity index (χ1n) is 7.87. The molecule has 1 saturated heterocycles. The molecular weight excluding hydrogens is 284 g/mol. The van der Waals surface area contributed by atoms with Gasteiger partial charge in [0.1, 0.15) is 5.60 Å². The summed E-state index contributed by atoms with van der Waals surface area (Å²) in [6.07, 6.45) is -0.165. The third-order valence-electron chi connectivity index (χ3n) is 4.82. The number of ether oxygens (including phenoxy) is 2. The molecule has 1 aliphatic rings. The molecule has 0 aliphatic carbocycles. The average Bonchev–Trinajstić information content (AvgIpc) is 2.55. The van der Waals surface area contributed by atoms with Crippen LogP contribution in [0, 0.1) is 5.92 Å². The Balaban J connectivity index is 2.88. The second kappa shape index (κ2) is 5.93. The lowest BCUT2D eigenvalue weighted by Crippen LogP contribution is -2.50. The Morgan fingerprint density at radius 3 is 2.19 bits per heavy atom. The first kappa shape index (κ1) is 19.1. The maximum Gasteiger partial charge on any atom is 0.192 e. The van der Waals surface area contributed by atoms with Crippen molar-refractivity contribution in [3.63, 3.8) is 0 Å². The third kappa shape index (κ3) is 4.29. The molecule has 4 nitrogen and oxygen atoms in total. The summed E-state index contributed by atoms with van der Waals surface area (Å²) >= 11 is 0. The highest BCUT2D eigenvalue weighted by molar-refractivity contribution is 6.74. The van der Waals surface area contributed by atoms with E-state index in [2.05, 4.69) is 33.9 Å². The molecule has 5 heteroatoms. The van der Waals surface area contributed by atoms with E-state index >= 15 is 0 Å². The van der Waals surface area contributed by atoms with E-state index in [1.807, 2.05) is 27.7 Å². The first-order chi connectivity index (χ1) is 9.24. The zero-order valence-corrected chi connectivity index (χ0v) is 16.2. The molecule has 1 fully saturated rings. The van der Waals surface area contributed by atoms with Crippen molar-refractivity contribution >= 4 is 8.32 Å². The van der Waals surface area contributed by atoms with Crippen molar-refractivity contribution in [1.29, 1.82) is 0 Å². The quantitative estimate of drug-likeness (QED) is 0.788. The molecule has 0 aromatic carbocycles. The van der Waals surface area contributed by atoms with E-state index < -0.39 is 19.7 Å². The summed E-state index contributed by atoms with van der Waals surface area (Å²) in [6.45, 7) is 19.6.